The standard InChI is InChI=1S/C21H15F7N4O4/c22-8-1-11(23)16(12(24)2-8)32-4-10(20(36)29-7-21(26,27)28)17(35)9-3-13(25)19(30-18(9)32)31-5-14(33)15(34)6-31/h1-4,14-15,33-34H,5-7H2,(H,29,36)/t14-,15-/m1/s1. The van der Waals surface area contributed by atoms with Crippen LogP contribution in [0.4, 0.5) is 36.6 Å². The molecule has 1 aliphatic rings. The molecule has 2 aromatic heterocycles. The number of nitrogens with zero attached hydrogens (tertiary/aromatic N) is 3. The van der Waals surface area contributed by atoms with Crippen LogP contribution in [0.1, 0.15) is 10.4 Å². The number of nitrogens with one attached hydrogen (secondary N) is 1. The van der Waals surface area contributed by atoms with Gasteiger partial charge in [0.05, 0.1) is 17.6 Å². The van der Waals surface area contributed by atoms with Crippen LogP contribution in [0.15, 0.2) is 29.2 Å². The molecule has 3 aromatic rings. The van der Waals surface area contributed by atoms with Crippen LogP contribution in [0.2, 0.25) is 0 Å². The van der Waals surface area contributed by atoms with E-state index in [1.165, 1.54) is 5.32 Å². The fraction of sp³-hybridized carbons (Fsp3) is 0.286. The van der Waals surface area contributed by atoms with Crippen molar-refractivity contribution in [2.75, 3.05) is 24.5 Å². The number of carbonyl (C=O) groups excluding carboxylic acids is 1. The van der Waals surface area contributed by atoms with Gasteiger partial charge in [-0.25, -0.2) is 22.5 Å². The van der Waals surface area contributed by atoms with Gasteiger partial charge in [-0.2, -0.15) is 13.2 Å². The lowest BCUT2D eigenvalue weighted by Crippen LogP contribution is -2.36. The lowest BCUT2D eigenvalue weighted by Gasteiger charge is -2.20. The van der Waals surface area contributed by atoms with Gasteiger partial charge in [-0.05, 0) is 6.07 Å². The Morgan fingerprint density at radius 2 is 1.61 bits per heavy atom. The van der Waals surface area contributed by atoms with Crippen molar-refractivity contribution >= 4 is 22.8 Å². The Balaban J connectivity index is 1.98. The zero-order valence-electron chi connectivity index (χ0n) is 17.8. The molecule has 0 aliphatic carbocycles. The van der Waals surface area contributed by atoms with Gasteiger partial charge in [0.1, 0.15) is 23.6 Å². The van der Waals surface area contributed by atoms with Crippen molar-refractivity contribution in [1.82, 2.24) is 14.9 Å². The molecule has 1 saturated heterocycles. The monoisotopic (exact) mass is 520 g/mol. The van der Waals surface area contributed by atoms with Crippen LogP contribution in [0, 0.1) is 23.3 Å². The molecule has 3 N–H and O–H groups in total. The first-order chi connectivity index (χ1) is 16.8. The van der Waals surface area contributed by atoms with Gasteiger partial charge in [0.15, 0.2) is 28.9 Å². The lowest BCUT2D eigenvalue weighted by atomic mass is 10.1. The predicted molar refractivity (Wildman–Crippen MR) is 110 cm³/mol. The first-order valence-electron chi connectivity index (χ1n) is 10.1. The molecule has 1 aromatic carbocycles. The minimum atomic E-state index is -4.85. The molecule has 0 saturated carbocycles. The lowest BCUT2D eigenvalue weighted by molar-refractivity contribution is -0.123. The van der Waals surface area contributed by atoms with Gasteiger partial charge in [0.2, 0.25) is 5.43 Å². The van der Waals surface area contributed by atoms with E-state index in [2.05, 4.69) is 4.98 Å². The molecule has 0 radical (unpaired) electrons. The highest BCUT2D eigenvalue weighted by atomic mass is 19.4. The second-order valence-electron chi connectivity index (χ2n) is 7.96. The molecule has 0 spiro atoms. The molecule has 15 heteroatoms. The molecule has 8 nitrogen and oxygen atoms in total. The van der Waals surface area contributed by atoms with E-state index in [-0.39, 0.29) is 25.2 Å². The summed E-state index contributed by atoms with van der Waals surface area (Å²) in [5, 5.41) is 20.2. The molecular formula is C21H15F7N4O4. The summed E-state index contributed by atoms with van der Waals surface area (Å²) in [6.45, 7) is -2.43. The van der Waals surface area contributed by atoms with E-state index < -0.39 is 87.6 Å². The average Bonchev–Trinajstić information content (AvgIpc) is 3.10. The summed E-state index contributed by atoms with van der Waals surface area (Å²) in [7, 11) is 0. The largest absolute Gasteiger partial charge is 0.405 e. The molecule has 36 heavy (non-hydrogen) atoms. The van der Waals surface area contributed by atoms with E-state index in [4.69, 9.17) is 0 Å². The first kappa shape index (κ1) is 25.4. The number of aromatic nitrogens is 2. The molecule has 192 valence electrons. The van der Waals surface area contributed by atoms with E-state index >= 15 is 0 Å². The van der Waals surface area contributed by atoms with Gasteiger partial charge in [0.25, 0.3) is 5.91 Å². The van der Waals surface area contributed by atoms with Crippen molar-refractivity contribution in [3.63, 3.8) is 0 Å². The molecule has 2 atom stereocenters. The number of benzene rings is 1. The average molecular weight is 520 g/mol. The first-order valence-corrected chi connectivity index (χ1v) is 10.1. The number of hydrogen-bond donors (Lipinski definition) is 3. The van der Waals surface area contributed by atoms with Crippen molar-refractivity contribution in [2.45, 2.75) is 18.4 Å². The Labute approximate surface area is 196 Å². The summed E-state index contributed by atoms with van der Waals surface area (Å²) in [5.41, 5.74) is -4.03. The third-order valence-electron chi connectivity index (χ3n) is 5.39. The highest BCUT2D eigenvalue weighted by Crippen LogP contribution is 2.28. The number of hydrogen-bond acceptors (Lipinski definition) is 6. The van der Waals surface area contributed by atoms with Crippen LogP contribution in [0.25, 0.3) is 16.7 Å². The molecule has 1 fully saturated rings. The fourth-order valence-electron chi connectivity index (χ4n) is 3.75. The molecule has 3 heterocycles. The molecule has 4 rings (SSSR count). The number of halogens is 7. The maximum absolute atomic E-state index is 14.9. The zero-order valence-corrected chi connectivity index (χ0v) is 17.8. The number of carbonyl (C=O) groups is 1. The van der Waals surface area contributed by atoms with E-state index in [0.29, 0.717) is 16.8 Å². The zero-order chi connectivity index (χ0) is 26.5. The Morgan fingerprint density at radius 1 is 1.03 bits per heavy atom. The molecular weight excluding hydrogens is 505 g/mol. The van der Waals surface area contributed by atoms with Gasteiger partial charge in [-0.1, -0.05) is 0 Å². The SMILES string of the molecule is O=C(NCC(F)(F)F)c1cn(-c2c(F)cc(F)cc2F)c2nc(N3C[C@@H](O)[C@H](O)C3)c(F)cc2c1=O. The van der Waals surface area contributed by atoms with E-state index in [9.17, 15) is 50.5 Å². The van der Waals surface area contributed by atoms with Crippen LogP contribution in [-0.2, 0) is 0 Å². The Bertz CT molecular complexity index is 1390. The van der Waals surface area contributed by atoms with Crippen molar-refractivity contribution in [1.29, 1.82) is 0 Å². The van der Waals surface area contributed by atoms with Gasteiger partial charge in [-0.3, -0.25) is 14.2 Å². The van der Waals surface area contributed by atoms with Crippen molar-refractivity contribution < 1.29 is 45.7 Å². The third kappa shape index (κ3) is 4.70. The summed E-state index contributed by atoms with van der Waals surface area (Å²) in [6, 6.07) is 1.08. The van der Waals surface area contributed by atoms with Gasteiger partial charge >= 0.3 is 6.18 Å². The number of β-amino-alcohol motifs (C(OH)–C–C–N with tert-alkyl or cyclic N) is 2. The number of anilines is 1. The van der Waals surface area contributed by atoms with Crippen LogP contribution in [0.5, 0.6) is 0 Å². The summed E-state index contributed by atoms with van der Waals surface area (Å²) in [6.07, 6.45) is -6.92. The number of pyridine rings is 2. The van der Waals surface area contributed by atoms with Gasteiger partial charge in [0, 0.05) is 31.4 Å². The van der Waals surface area contributed by atoms with Crippen LogP contribution in [0.3, 0.4) is 0 Å². The summed E-state index contributed by atoms with van der Waals surface area (Å²) in [5.74, 6) is -7.69. The minimum absolute atomic E-state index is 0.267. The number of aliphatic hydroxyl groups excluding tert-OH is 2. The highest BCUT2D eigenvalue weighted by Gasteiger charge is 2.33. The second kappa shape index (κ2) is 9.05. The summed E-state index contributed by atoms with van der Waals surface area (Å²) >= 11 is 0. The van der Waals surface area contributed by atoms with Gasteiger partial charge < -0.3 is 20.4 Å². The molecule has 0 unspecified atom stereocenters. The van der Waals surface area contributed by atoms with Crippen molar-refractivity contribution in [3.8, 4) is 5.69 Å². The molecule has 1 amide bonds. The van der Waals surface area contributed by atoms with Crippen molar-refractivity contribution in [2.24, 2.45) is 0 Å². The molecule has 0 bridgehead atoms. The Hall–Kier alpha value is -3.72. The van der Waals surface area contributed by atoms with Gasteiger partial charge in [-0.15, -0.1) is 0 Å². The Kier molecular flexibility index (Phi) is 6.38. The summed E-state index contributed by atoms with van der Waals surface area (Å²) in [4.78, 5) is 30.2. The minimum Gasteiger partial charge on any atom is -0.389 e. The number of fused-ring (bicyclic) bond motifs is 1. The smallest absolute Gasteiger partial charge is 0.389 e. The highest BCUT2D eigenvalue weighted by molar-refractivity contribution is 5.97. The second-order valence-corrected chi connectivity index (χ2v) is 7.96. The third-order valence-corrected chi connectivity index (χ3v) is 5.39. The number of rotatable bonds is 4. The normalized spacial score (nSPS) is 18.2. The maximum atomic E-state index is 14.9. The van der Waals surface area contributed by atoms with E-state index in [1.54, 1.807) is 0 Å². The van der Waals surface area contributed by atoms with E-state index in [1.807, 2.05) is 0 Å². The van der Waals surface area contributed by atoms with Crippen molar-refractivity contribution in [3.05, 3.63) is 63.5 Å². The van der Waals surface area contributed by atoms with Crippen LogP contribution in [-0.4, -0.2) is 63.7 Å². The van der Waals surface area contributed by atoms with E-state index in [0.717, 1.165) is 4.90 Å². The van der Waals surface area contributed by atoms with Crippen LogP contribution < -0.4 is 15.6 Å². The summed E-state index contributed by atoms with van der Waals surface area (Å²) < 4.78 is 95.8. The molecule has 1 aliphatic heterocycles. The number of amides is 1. The fourth-order valence-corrected chi connectivity index (χ4v) is 3.75. The Morgan fingerprint density at radius 3 is 2.17 bits per heavy atom. The predicted octanol–water partition coefficient (Wildman–Crippen LogP) is 1.78. The quantitative estimate of drug-likeness (QED) is 0.453. The topological polar surface area (TPSA) is 108 Å². The maximum Gasteiger partial charge on any atom is 0.405 e. The van der Waals surface area contributed by atoms with Crippen LogP contribution >= 0.6 is 0 Å². The number of aliphatic hydroxyl groups is 2. The number of alkyl halides is 3.